The molecular weight excluding hydrogens is 330 g/mol. The van der Waals surface area contributed by atoms with Crippen LogP contribution in [0.2, 0.25) is 0 Å². The topological polar surface area (TPSA) is 52.0 Å². The first-order valence-electron chi connectivity index (χ1n) is 2.38. The largest absolute Gasteiger partial charge is 0.329 e. The number of halogens is 2. The summed E-state index contributed by atoms with van der Waals surface area (Å²) in [6, 6.07) is 0.265. The van der Waals surface area contributed by atoms with E-state index >= 15 is 0 Å². The highest BCUT2D eigenvalue weighted by atomic mass is 127. The van der Waals surface area contributed by atoms with Gasteiger partial charge >= 0.3 is 0 Å². The summed E-state index contributed by atoms with van der Waals surface area (Å²) in [7, 11) is 0. The van der Waals surface area contributed by atoms with Gasteiger partial charge in [-0.3, -0.25) is 0 Å². The van der Waals surface area contributed by atoms with Crippen LogP contribution >= 0.6 is 45.2 Å². The van der Waals surface area contributed by atoms with Crippen LogP contribution in [0.3, 0.4) is 0 Å². The van der Waals surface area contributed by atoms with E-state index in [0.29, 0.717) is 10.5 Å². The van der Waals surface area contributed by atoms with Crippen molar-refractivity contribution in [2.24, 2.45) is 11.5 Å². The molecule has 0 radical (unpaired) electrons. The molecule has 0 spiro atoms. The van der Waals surface area contributed by atoms with Crippen LogP contribution in [0.1, 0.15) is 0 Å². The molecule has 0 aromatic carbocycles. The molecule has 0 saturated carbocycles. The molecule has 4 N–H and O–H groups in total. The van der Waals surface area contributed by atoms with Crippen molar-refractivity contribution in [3.05, 3.63) is 0 Å². The maximum atomic E-state index is 5.63. The van der Waals surface area contributed by atoms with Crippen molar-refractivity contribution in [1.29, 1.82) is 0 Å². The van der Waals surface area contributed by atoms with E-state index in [1.54, 1.807) is 0 Å². The number of alkyl halides is 2. The van der Waals surface area contributed by atoms with Gasteiger partial charge in [0.1, 0.15) is 0 Å². The fourth-order valence-corrected chi connectivity index (χ4v) is 2.11. The smallest absolute Gasteiger partial charge is 0.0391 e. The zero-order valence-electron chi connectivity index (χ0n) is 4.48. The summed E-state index contributed by atoms with van der Waals surface area (Å²) in [5.41, 5.74) is 11.0. The zero-order chi connectivity index (χ0) is 6.57. The molecule has 2 atom stereocenters. The van der Waals surface area contributed by atoms with Crippen LogP contribution in [0.15, 0.2) is 0 Å². The Bertz CT molecular complexity index is 52.0. The van der Waals surface area contributed by atoms with Crippen LogP contribution in [-0.2, 0) is 0 Å². The molecule has 0 aromatic heterocycles. The SMILES string of the molecule is NCC(I)C(N)CI. The van der Waals surface area contributed by atoms with Crippen molar-refractivity contribution in [2.75, 3.05) is 11.0 Å². The Labute approximate surface area is 77.0 Å². The lowest BCUT2D eigenvalue weighted by molar-refractivity contribution is 0.731. The van der Waals surface area contributed by atoms with E-state index in [9.17, 15) is 0 Å². The second kappa shape index (κ2) is 5.19. The molecule has 0 amide bonds. The molecule has 8 heavy (non-hydrogen) atoms. The third-order valence-corrected chi connectivity index (χ3v) is 3.32. The van der Waals surface area contributed by atoms with Crippen molar-refractivity contribution in [1.82, 2.24) is 0 Å². The van der Waals surface area contributed by atoms with Crippen LogP contribution in [0, 0.1) is 0 Å². The quantitative estimate of drug-likeness (QED) is 0.581. The summed E-state index contributed by atoms with van der Waals surface area (Å²) in [4.78, 5) is 0. The maximum Gasteiger partial charge on any atom is 0.0391 e. The fourth-order valence-electron chi connectivity index (χ4n) is 0.271. The second-order valence-electron chi connectivity index (χ2n) is 1.57. The second-order valence-corrected chi connectivity index (χ2v) is 4.05. The molecule has 0 aliphatic rings. The van der Waals surface area contributed by atoms with Gasteiger partial charge in [-0.05, 0) is 0 Å². The van der Waals surface area contributed by atoms with Crippen LogP contribution in [0.25, 0.3) is 0 Å². The molecular formula is C4H10I2N2. The molecule has 0 aliphatic heterocycles. The van der Waals surface area contributed by atoms with Crippen molar-refractivity contribution < 1.29 is 0 Å². The van der Waals surface area contributed by atoms with E-state index in [2.05, 4.69) is 45.2 Å². The minimum atomic E-state index is 0.265. The predicted octanol–water partition coefficient (Wildman–Crippen LogP) is 0.511. The van der Waals surface area contributed by atoms with Gasteiger partial charge in [0.25, 0.3) is 0 Å². The molecule has 0 heterocycles. The summed E-state index contributed by atoms with van der Waals surface area (Å²) in [5.74, 6) is 0. The Morgan fingerprint density at radius 1 is 1.50 bits per heavy atom. The van der Waals surface area contributed by atoms with Crippen LogP contribution in [0.4, 0.5) is 0 Å². The monoisotopic (exact) mass is 340 g/mol. The van der Waals surface area contributed by atoms with E-state index in [-0.39, 0.29) is 6.04 Å². The predicted molar refractivity (Wildman–Crippen MR) is 53.7 cm³/mol. The molecule has 0 rings (SSSR count). The Kier molecular flexibility index (Phi) is 6.08. The number of hydrogen-bond donors (Lipinski definition) is 2. The highest BCUT2D eigenvalue weighted by Crippen LogP contribution is 2.04. The van der Waals surface area contributed by atoms with Gasteiger partial charge < -0.3 is 11.5 Å². The van der Waals surface area contributed by atoms with E-state index in [1.807, 2.05) is 0 Å². The molecule has 0 aromatic rings. The van der Waals surface area contributed by atoms with Gasteiger partial charge in [-0.1, -0.05) is 45.2 Å². The molecule has 50 valence electrons. The van der Waals surface area contributed by atoms with Gasteiger partial charge in [-0.2, -0.15) is 0 Å². The molecule has 2 nitrogen and oxygen atoms in total. The third kappa shape index (κ3) is 3.41. The average molecular weight is 340 g/mol. The highest BCUT2D eigenvalue weighted by Gasteiger charge is 2.09. The maximum absolute atomic E-state index is 5.63. The van der Waals surface area contributed by atoms with E-state index in [4.69, 9.17) is 11.5 Å². The lowest BCUT2D eigenvalue weighted by Gasteiger charge is -2.12. The fraction of sp³-hybridized carbons (Fsp3) is 1.00. The summed E-state index contributed by atoms with van der Waals surface area (Å²) >= 11 is 4.54. The zero-order valence-corrected chi connectivity index (χ0v) is 8.79. The van der Waals surface area contributed by atoms with Crippen molar-refractivity contribution in [3.8, 4) is 0 Å². The summed E-state index contributed by atoms with van der Waals surface area (Å²) in [6.07, 6.45) is 0. The lowest BCUT2D eigenvalue weighted by Crippen LogP contribution is -2.36. The van der Waals surface area contributed by atoms with E-state index < -0.39 is 0 Å². The van der Waals surface area contributed by atoms with Crippen LogP contribution in [0.5, 0.6) is 0 Å². The molecule has 0 fully saturated rings. The molecule has 0 saturated heterocycles. The van der Waals surface area contributed by atoms with Crippen LogP contribution in [-0.4, -0.2) is 20.9 Å². The Morgan fingerprint density at radius 2 is 2.00 bits per heavy atom. The third-order valence-electron chi connectivity index (χ3n) is 0.868. The first kappa shape index (κ1) is 9.38. The number of hydrogen-bond acceptors (Lipinski definition) is 2. The van der Waals surface area contributed by atoms with Crippen molar-refractivity contribution in [3.63, 3.8) is 0 Å². The minimum Gasteiger partial charge on any atom is -0.329 e. The van der Waals surface area contributed by atoms with Gasteiger partial charge in [0.15, 0.2) is 0 Å². The number of rotatable bonds is 3. The van der Waals surface area contributed by atoms with Crippen molar-refractivity contribution in [2.45, 2.75) is 9.97 Å². The normalized spacial score (nSPS) is 18.0. The van der Waals surface area contributed by atoms with Gasteiger partial charge in [0, 0.05) is 20.9 Å². The summed E-state index contributed by atoms with van der Waals surface area (Å²) in [5, 5.41) is 0. The molecule has 0 aliphatic carbocycles. The minimum absolute atomic E-state index is 0.265. The molecule has 4 heteroatoms. The summed E-state index contributed by atoms with van der Waals surface area (Å²) < 4.78 is 1.42. The molecule has 0 bridgehead atoms. The van der Waals surface area contributed by atoms with Gasteiger partial charge in [-0.15, -0.1) is 0 Å². The first-order valence-corrected chi connectivity index (χ1v) is 5.15. The van der Waals surface area contributed by atoms with Gasteiger partial charge in [-0.25, -0.2) is 0 Å². The highest BCUT2D eigenvalue weighted by molar-refractivity contribution is 14.1. The summed E-state index contributed by atoms with van der Waals surface area (Å²) in [6.45, 7) is 0.685. The van der Waals surface area contributed by atoms with E-state index in [0.717, 1.165) is 4.43 Å². The standard InChI is InChI=1S/C4H10I2N2/c5-1-4(8)3(6)2-7/h3-4H,1-2,7-8H2. The van der Waals surface area contributed by atoms with Crippen LogP contribution < -0.4 is 11.5 Å². The van der Waals surface area contributed by atoms with Crippen molar-refractivity contribution >= 4 is 45.2 Å². The Morgan fingerprint density at radius 3 is 2.12 bits per heavy atom. The first-order chi connectivity index (χ1) is 3.72. The van der Waals surface area contributed by atoms with E-state index in [1.165, 1.54) is 0 Å². The lowest BCUT2D eigenvalue weighted by atomic mass is 10.3. The van der Waals surface area contributed by atoms with Gasteiger partial charge in [0.2, 0.25) is 0 Å². The average Bonchev–Trinajstić information content (AvgIpc) is 1.84. The number of nitrogens with two attached hydrogens (primary N) is 2. The Hall–Kier alpha value is 1.38. The molecule has 2 unspecified atom stereocenters. The Balaban J connectivity index is 3.29. The van der Waals surface area contributed by atoms with Gasteiger partial charge in [0.05, 0.1) is 0 Å².